The van der Waals surface area contributed by atoms with Crippen molar-refractivity contribution >= 4 is 12.0 Å². The minimum Gasteiger partial charge on any atom is -0.481 e. The van der Waals surface area contributed by atoms with Crippen molar-refractivity contribution in [3.05, 3.63) is 0 Å². The number of rotatable bonds is 8. The molecule has 1 rings (SSSR count). The largest absolute Gasteiger partial charge is 0.481 e. The number of carbonyl (C=O) groups is 2. The molecule has 1 saturated heterocycles. The van der Waals surface area contributed by atoms with Crippen LogP contribution in [0.5, 0.6) is 0 Å². The number of carboxylic acid groups (broad SMARTS) is 1. The van der Waals surface area contributed by atoms with Gasteiger partial charge in [0.2, 0.25) is 0 Å². The van der Waals surface area contributed by atoms with Gasteiger partial charge >= 0.3 is 12.0 Å². The molecular formula is C14H26N2O4. The topological polar surface area (TPSA) is 87.7 Å². The third-order valence-electron chi connectivity index (χ3n) is 3.74. The summed E-state index contributed by atoms with van der Waals surface area (Å²) in [6, 6.07) is 0.0720. The number of hydrogen-bond donors (Lipinski definition) is 3. The number of amides is 2. The van der Waals surface area contributed by atoms with E-state index in [9.17, 15) is 9.59 Å². The molecule has 1 heterocycles. The average molecular weight is 286 g/mol. The van der Waals surface area contributed by atoms with Crippen LogP contribution in [0.1, 0.15) is 45.4 Å². The lowest BCUT2D eigenvalue weighted by atomic mass is 9.97. The molecule has 1 unspecified atom stereocenters. The van der Waals surface area contributed by atoms with E-state index in [-0.39, 0.29) is 18.5 Å². The van der Waals surface area contributed by atoms with E-state index in [0.717, 1.165) is 25.7 Å². The van der Waals surface area contributed by atoms with Gasteiger partial charge < -0.3 is 20.5 Å². The summed E-state index contributed by atoms with van der Waals surface area (Å²) in [4.78, 5) is 22.2. The molecule has 116 valence electrons. The third-order valence-corrected chi connectivity index (χ3v) is 3.74. The number of carbonyl (C=O) groups excluding carboxylic acids is 1. The highest BCUT2D eigenvalue weighted by molar-refractivity contribution is 5.74. The number of nitrogens with one attached hydrogen (secondary N) is 2. The molecule has 0 aromatic heterocycles. The van der Waals surface area contributed by atoms with Crippen LogP contribution in [-0.4, -0.2) is 42.9 Å². The number of hydrogen-bond acceptors (Lipinski definition) is 3. The van der Waals surface area contributed by atoms with Gasteiger partial charge in [-0.15, -0.1) is 0 Å². The molecule has 0 aromatic rings. The van der Waals surface area contributed by atoms with Crippen molar-refractivity contribution in [1.29, 1.82) is 0 Å². The first kappa shape index (κ1) is 16.8. The van der Waals surface area contributed by atoms with Crippen LogP contribution in [0.15, 0.2) is 0 Å². The molecular weight excluding hydrogens is 260 g/mol. The SMILES string of the molecule is CCC(CCNC(=O)NC1CCOCC1)CCC(=O)O. The van der Waals surface area contributed by atoms with Gasteiger partial charge in [0.25, 0.3) is 0 Å². The Morgan fingerprint density at radius 2 is 2.00 bits per heavy atom. The quantitative estimate of drug-likeness (QED) is 0.634. The van der Waals surface area contributed by atoms with E-state index in [1.54, 1.807) is 0 Å². The van der Waals surface area contributed by atoms with Crippen LogP contribution in [0.3, 0.4) is 0 Å². The van der Waals surface area contributed by atoms with E-state index in [4.69, 9.17) is 9.84 Å². The first-order valence-corrected chi connectivity index (χ1v) is 7.45. The van der Waals surface area contributed by atoms with Crippen molar-refractivity contribution in [2.45, 2.75) is 51.5 Å². The van der Waals surface area contributed by atoms with Crippen LogP contribution in [0.25, 0.3) is 0 Å². The highest BCUT2D eigenvalue weighted by Gasteiger charge is 2.16. The molecule has 1 aliphatic rings. The maximum atomic E-state index is 11.7. The Labute approximate surface area is 120 Å². The first-order valence-electron chi connectivity index (χ1n) is 7.45. The highest BCUT2D eigenvalue weighted by atomic mass is 16.5. The summed E-state index contributed by atoms with van der Waals surface area (Å²) in [5.74, 6) is -0.400. The van der Waals surface area contributed by atoms with E-state index >= 15 is 0 Å². The number of carboxylic acids is 1. The van der Waals surface area contributed by atoms with Gasteiger partial charge in [0.1, 0.15) is 0 Å². The van der Waals surface area contributed by atoms with Crippen LogP contribution < -0.4 is 10.6 Å². The molecule has 0 spiro atoms. The van der Waals surface area contributed by atoms with Gasteiger partial charge in [0, 0.05) is 32.2 Å². The van der Waals surface area contributed by atoms with Gasteiger partial charge in [-0.1, -0.05) is 13.3 Å². The molecule has 6 heteroatoms. The summed E-state index contributed by atoms with van der Waals surface area (Å²) in [5, 5.41) is 14.4. The van der Waals surface area contributed by atoms with Gasteiger partial charge in [-0.3, -0.25) is 4.79 Å². The van der Waals surface area contributed by atoms with Gasteiger partial charge in [-0.05, 0) is 31.6 Å². The smallest absolute Gasteiger partial charge is 0.315 e. The fraction of sp³-hybridized carbons (Fsp3) is 0.857. The minimum absolute atomic E-state index is 0.134. The van der Waals surface area contributed by atoms with E-state index in [1.807, 2.05) is 0 Å². The zero-order chi connectivity index (χ0) is 14.8. The molecule has 1 atom stereocenters. The second-order valence-corrected chi connectivity index (χ2v) is 5.28. The fourth-order valence-electron chi connectivity index (χ4n) is 2.35. The van der Waals surface area contributed by atoms with E-state index in [1.165, 1.54) is 0 Å². The van der Waals surface area contributed by atoms with Crippen molar-refractivity contribution in [1.82, 2.24) is 10.6 Å². The fourth-order valence-corrected chi connectivity index (χ4v) is 2.35. The number of urea groups is 1. The Balaban J connectivity index is 2.11. The van der Waals surface area contributed by atoms with Crippen molar-refractivity contribution in [3.8, 4) is 0 Å². The van der Waals surface area contributed by atoms with Crippen molar-refractivity contribution < 1.29 is 19.4 Å². The molecule has 0 bridgehead atoms. The summed E-state index contributed by atoms with van der Waals surface area (Å²) >= 11 is 0. The second-order valence-electron chi connectivity index (χ2n) is 5.28. The molecule has 0 aromatic carbocycles. The van der Waals surface area contributed by atoms with Crippen molar-refractivity contribution in [2.75, 3.05) is 19.8 Å². The Kier molecular flexibility index (Phi) is 8.02. The van der Waals surface area contributed by atoms with Gasteiger partial charge in [-0.25, -0.2) is 4.79 Å². The average Bonchev–Trinajstić information content (AvgIpc) is 2.43. The molecule has 0 saturated carbocycles. The van der Waals surface area contributed by atoms with Crippen LogP contribution >= 0.6 is 0 Å². The van der Waals surface area contributed by atoms with Crippen LogP contribution in [0.4, 0.5) is 4.79 Å². The lowest BCUT2D eigenvalue weighted by Crippen LogP contribution is -2.44. The molecule has 1 aliphatic heterocycles. The zero-order valence-electron chi connectivity index (χ0n) is 12.2. The molecule has 2 amide bonds. The maximum Gasteiger partial charge on any atom is 0.315 e. The Hall–Kier alpha value is -1.30. The number of ether oxygens (including phenoxy) is 1. The Morgan fingerprint density at radius 1 is 1.30 bits per heavy atom. The van der Waals surface area contributed by atoms with Crippen LogP contribution in [0, 0.1) is 5.92 Å². The van der Waals surface area contributed by atoms with Gasteiger partial charge in [0.05, 0.1) is 0 Å². The lowest BCUT2D eigenvalue weighted by molar-refractivity contribution is -0.137. The van der Waals surface area contributed by atoms with Crippen LogP contribution in [-0.2, 0) is 9.53 Å². The molecule has 1 fully saturated rings. The summed E-state index contributed by atoms with van der Waals surface area (Å²) in [6.07, 6.45) is 4.37. The zero-order valence-corrected chi connectivity index (χ0v) is 12.2. The molecule has 3 N–H and O–H groups in total. The predicted octanol–water partition coefficient (Wildman–Crippen LogP) is 1.75. The Bertz CT molecular complexity index is 304. The summed E-state index contributed by atoms with van der Waals surface area (Å²) in [7, 11) is 0. The van der Waals surface area contributed by atoms with E-state index in [0.29, 0.717) is 32.1 Å². The maximum absolute atomic E-state index is 11.7. The summed E-state index contributed by atoms with van der Waals surface area (Å²) < 4.78 is 5.23. The molecule has 0 radical (unpaired) electrons. The highest BCUT2D eigenvalue weighted by Crippen LogP contribution is 2.14. The standard InChI is InChI=1S/C14H26N2O4/c1-2-11(3-4-13(17)18)5-8-15-14(19)16-12-6-9-20-10-7-12/h11-12H,2-10H2,1H3,(H,17,18)(H2,15,16,19). The Morgan fingerprint density at radius 3 is 2.60 bits per heavy atom. The predicted molar refractivity (Wildman–Crippen MR) is 75.6 cm³/mol. The van der Waals surface area contributed by atoms with Gasteiger partial charge in [-0.2, -0.15) is 0 Å². The van der Waals surface area contributed by atoms with E-state index < -0.39 is 5.97 Å². The van der Waals surface area contributed by atoms with Crippen molar-refractivity contribution in [3.63, 3.8) is 0 Å². The molecule has 0 aliphatic carbocycles. The summed E-state index contributed by atoms with van der Waals surface area (Å²) in [6.45, 7) is 4.05. The second kappa shape index (κ2) is 9.58. The van der Waals surface area contributed by atoms with Gasteiger partial charge in [0.15, 0.2) is 0 Å². The lowest BCUT2D eigenvalue weighted by Gasteiger charge is -2.23. The van der Waals surface area contributed by atoms with Crippen molar-refractivity contribution in [2.24, 2.45) is 5.92 Å². The third kappa shape index (κ3) is 7.33. The first-order chi connectivity index (χ1) is 9.61. The molecule has 20 heavy (non-hydrogen) atoms. The molecule has 6 nitrogen and oxygen atoms in total. The minimum atomic E-state index is -0.756. The monoisotopic (exact) mass is 286 g/mol. The normalized spacial score (nSPS) is 17.4. The number of aliphatic carboxylic acids is 1. The summed E-state index contributed by atoms with van der Waals surface area (Å²) in [5.41, 5.74) is 0. The van der Waals surface area contributed by atoms with Crippen LogP contribution in [0.2, 0.25) is 0 Å². The van der Waals surface area contributed by atoms with E-state index in [2.05, 4.69) is 17.6 Å².